The monoisotopic (exact) mass is 136 g/mol. The van der Waals surface area contributed by atoms with Crippen molar-refractivity contribution in [3.8, 4) is 0 Å². The van der Waals surface area contributed by atoms with Crippen molar-refractivity contribution in [2.45, 2.75) is 12.5 Å². The molecule has 1 aliphatic rings. The predicted octanol–water partition coefficient (Wildman–Crippen LogP) is -0.834. The summed E-state index contributed by atoms with van der Waals surface area (Å²) in [5, 5.41) is 8.87. The second-order valence-corrected chi connectivity index (χ2v) is 4.59. The van der Waals surface area contributed by atoms with Gasteiger partial charge in [-0.25, -0.2) is 8.42 Å². The molecule has 1 rings (SSSR count). The van der Waals surface area contributed by atoms with Crippen molar-refractivity contribution < 1.29 is 13.5 Å². The molecule has 0 radical (unpaired) electrons. The third-order valence-corrected chi connectivity index (χ3v) is 3.19. The van der Waals surface area contributed by atoms with Crippen LogP contribution in [0.15, 0.2) is 0 Å². The molecule has 1 aliphatic heterocycles. The van der Waals surface area contributed by atoms with Gasteiger partial charge < -0.3 is 5.11 Å². The fourth-order valence-electron chi connectivity index (χ4n) is 0.905. The highest BCUT2D eigenvalue weighted by Crippen LogP contribution is 2.21. The van der Waals surface area contributed by atoms with E-state index in [-0.39, 0.29) is 11.5 Å². The maximum Gasteiger partial charge on any atom is 0.155 e. The molecular formula is C4H8O3S. The first-order valence-electron chi connectivity index (χ1n) is 2.34. The Morgan fingerprint density at radius 1 is 1.50 bits per heavy atom. The molecule has 0 amide bonds. The Morgan fingerprint density at radius 2 is 1.88 bits per heavy atom. The van der Waals surface area contributed by atoms with Crippen LogP contribution in [-0.4, -0.2) is 30.6 Å². The average Bonchev–Trinajstić information content (AvgIpc) is 1.20. The standard InChI is InChI=1S/C4H8O3S/c1-4(5)2-8(6,7)3-4/h5H,2-3H2,1H3. The molecule has 0 aromatic carbocycles. The Labute approximate surface area is 48.2 Å². The molecule has 3 nitrogen and oxygen atoms in total. The summed E-state index contributed by atoms with van der Waals surface area (Å²) in [5.74, 6) is -0.139. The summed E-state index contributed by atoms with van der Waals surface area (Å²) in [6, 6.07) is 0. The van der Waals surface area contributed by atoms with Crippen LogP contribution in [0, 0.1) is 0 Å². The van der Waals surface area contributed by atoms with Crippen molar-refractivity contribution in [2.24, 2.45) is 0 Å². The molecular weight excluding hydrogens is 128 g/mol. The van der Waals surface area contributed by atoms with E-state index in [1.54, 1.807) is 0 Å². The number of hydrogen-bond donors (Lipinski definition) is 1. The Hall–Kier alpha value is -0.0900. The van der Waals surface area contributed by atoms with Crippen LogP contribution in [0.3, 0.4) is 0 Å². The number of sulfone groups is 1. The van der Waals surface area contributed by atoms with Crippen LogP contribution in [0.2, 0.25) is 0 Å². The van der Waals surface area contributed by atoms with Crippen LogP contribution in [0.25, 0.3) is 0 Å². The molecule has 0 aromatic rings. The van der Waals surface area contributed by atoms with Crippen molar-refractivity contribution in [2.75, 3.05) is 11.5 Å². The maximum atomic E-state index is 10.3. The molecule has 0 atom stereocenters. The summed E-state index contributed by atoms with van der Waals surface area (Å²) in [7, 11) is -2.84. The predicted molar refractivity (Wildman–Crippen MR) is 29.3 cm³/mol. The van der Waals surface area contributed by atoms with Crippen molar-refractivity contribution in [3.05, 3.63) is 0 Å². The van der Waals surface area contributed by atoms with Gasteiger partial charge >= 0.3 is 0 Å². The van der Waals surface area contributed by atoms with Crippen LogP contribution in [0.5, 0.6) is 0 Å². The highest BCUT2D eigenvalue weighted by Gasteiger charge is 2.42. The number of aliphatic hydroxyl groups is 1. The first-order chi connectivity index (χ1) is 3.41. The van der Waals surface area contributed by atoms with Gasteiger partial charge in [0.2, 0.25) is 0 Å². The van der Waals surface area contributed by atoms with Crippen molar-refractivity contribution in [3.63, 3.8) is 0 Å². The summed E-state index contributed by atoms with van der Waals surface area (Å²) in [5.41, 5.74) is -0.932. The molecule has 48 valence electrons. The van der Waals surface area contributed by atoms with E-state index in [4.69, 9.17) is 5.11 Å². The van der Waals surface area contributed by atoms with E-state index in [1.165, 1.54) is 6.92 Å². The largest absolute Gasteiger partial charge is 0.388 e. The Bertz CT molecular complexity index is 175. The first-order valence-corrected chi connectivity index (χ1v) is 4.16. The van der Waals surface area contributed by atoms with Crippen LogP contribution in [0.1, 0.15) is 6.92 Å². The van der Waals surface area contributed by atoms with Crippen LogP contribution < -0.4 is 0 Å². The lowest BCUT2D eigenvalue weighted by atomic mass is 10.2. The van der Waals surface area contributed by atoms with Crippen LogP contribution in [0.4, 0.5) is 0 Å². The second-order valence-electron chi connectivity index (χ2n) is 2.53. The van der Waals surface area contributed by atoms with Gasteiger partial charge in [0.25, 0.3) is 0 Å². The van der Waals surface area contributed by atoms with Gasteiger partial charge in [0.05, 0.1) is 17.1 Å². The minimum absolute atomic E-state index is 0.0694. The SMILES string of the molecule is CC1(O)CS(=O)(=O)C1. The number of rotatable bonds is 0. The minimum atomic E-state index is -2.84. The van der Waals surface area contributed by atoms with E-state index in [0.717, 1.165) is 0 Å². The van der Waals surface area contributed by atoms with Gasteiger partial charge in [-0.05, 0) is 6.92 Å². The first kappa shape index (κ1) is 6.04. The summed E-state index contributed by atoms with van der Waals surface area (Å²) in [6.07, 6.45) is 0. The van der Waals surface area contributed by atoms with Crippen molar-refractivity contribution in [1.29, 1.82) is 0 Å². The van der Waals surface area contributed by atoms with Gasteiger partial charge in [0.15, 0.2) is 9.84 Å². The molecule has 1 heterocycles. The lowest BCUT2D eigenvalue weighted by molar-refractivity contribution is 0.0920. The van der Waals surface area contributed by atoms with Crippen LogP contribution in [-0.2, 0) is 9.84 Å². The van der Waals surface area contributed by atoms with Crippen LogP contribution >= 0.6 is 0 Å². The zero-order valence-electron chi connectivity index (χ0n) is 4.59. The molecule has 0 bridgehead atoms. The van der Waals surface area contributed by atoms with E-state index in [0.29, 0.717) is 0 Å². The summed E-state index contributed by atoms with van der Waals surface area (Å²) in [6.45, 7) is 1.52. The average molecular weight is 136 g/mol. The molecule has 0 saturated carbocycles. The molecule has 0 spiro atoms. The van der Waals surface area contributed by atoms with Gasteiger partial charge in [-0.1, -0.05) is 0 Å². The molecule has 4 heteroatoms. The molecule has 8 heavy (non-hydrogen) atoms. The van der Waals surface area contributed by atoms with Crippen molar-refractivity contribution >= 4 is 9.84 Å². The fraction of sp³-hybridized carbons (Fsp3) is 1.00. The Balaban J connectivity index is 2.68. The topological polar surface area (TPSA) is 54.4 Å². The second kappa shape index (κ2) is 1.25. The Kier molecular flexibility index (Phi) is 0.941. The zero-order chi connectivity index (χ0) is 6.41. The van der Waals surface area contributed by atoms with Crippen molar-refractivity contribution in [1.82, 2.24) is 0 Å². The summed E-state index contributed by atoms with van der Waals surface area (Å²) in [4.78, 5) is 0. The number of hydrogen-bond acceptors (Lipinski definition) is 3. The molecule has 0 unspecified atom stereocenters. The zero-order valence-corrected chi connectivity index (χ0v) is 5.40. The summed E-state index contributed by atoms with van der Waals surface area (Å²) < 4.78 is 20.7. The molecule has 1 saturated heterocycles. The maximum absolute atomic E-state index is 10.3. The van der Waals surface area contributed by atoms with Gasteiger partial charge in [0, 0.05) is 0 Å². The van der Waals surface area contributed by atoms with E-state index in [1.807, 2.05) is 0 Å². The molecule has 1 N–H and O–H groups in total. The smallest absolute Gasteiger partial charge is 0.155 e. The van der Waals surface area contributed by atoms with E-state index in [2.05, 4.69) is 0 Å². The molecule has 1 fully saturated rings. The lowest BCUT2D eigenvalue weighted by Crippen LogP contribution is -2.52. The summed E-state index contributed by atoms with van der Waals surface area (Å²) >= 11 is 0. The Morgan fingerprint density at radius 3 is 1.88 bits per heavy atom. The van der Waals surface area contributed by atoms with E-state index in [9.17, 15) is 8.42 Å². The highest BCUT2D eigenvalue weighted by molar-refractivity contribution is 7.93. The normalized spacial score (nSPS) is 31.2. The van der Waals surface area contributed by atoms with Gasteiger partial charge in [-0.3, -0.25) is 0 Å². The molecule has 0 aromatic heterocycles. The quantitative estimate of drug-likeness (QED) is 0.472. The van der Waals surface area contributed by atoms with E-state index < -0.39 is 15.4 Å². The van der Waals surface area contributed by atoms with E-state index >= 15 is 0 Å². The van der Waals surface area contributed by atoms with Gasteiger partial charge in [-0.15, -0.1) is 0 Å². The lowest BCUT2D eigenvalue weighted by Gasteiger charge is -2.31. The highest BCUT2D eigenvalue weighted by atomic mass is 32.2. The third-order valence-electron chi connectivity index (χ3n) is 1.06. The minimum Gasteiger partial charge on any atom is -0.388 e. The molecule has 0 aliphatic carbocycles. The fourth-order valence-corrected chi connectivity index (χ4v) is 2.72. The van der Waals surface area contributed by atoms with Gasteiger partial charge in [-0.2, -0.15) is 0 Å². The van der Waals surface area contributed by atoms with Gasteiger partial charge in [0.1, 0.15) is 0 Å². The third kappa shape index (κ3) is 1.00.